The largest absolute Gasteiger partial charge is 0.335 e. The van der Waals surface area contributed by atoms with E-state index in [4.69, 9.17) is 0 Å². The van der Waals surface area contributed by atoms with Gasteiger partial charge in [0.05, 0.1) is 11.2 Å². The van der Waals surface area contributed by atoms with Crippen LogP contribution in [0.4, 0.5) is 10.1 Å². The fourth-order valence-electron chi connectivity index (χ4n) is 4.17. The Morgan fingerprint density at radius 2 is 1.51 bits per heavy atom. The number of nitrogens with one attached hydrogen (secondary N) is 1. The number of anilines is 1. The molecule has 11 heteroatoms. The number of halogens is 1. The van der Waals surface area contributed by atoms with Crippen molar-refractivity contribution in [3.05, 3.63) is 96.2 Å². The number of piperazine rings is 1. The second kappa shape index (κ2) is 9.94. The molecule has 0 aliphatic carbocycles. The lowest BCUT2D eigenvalue weighted by Gasteiger charge is -2.34. The number of rotatable bonds is 5. The first kappa shape index (κ1) is 24.3. The number of carbonyl (C=O) groups excluding carboxylic acids is 2. The van der Waals surface area contributed by atoms with Crippen LogP contribution in [0.15, 0.2) is 84.0 Å². The molecule has 9 nitrogen and oxygen atoms in total. The van der Waals surface area contributed by atoms with Gasteiger partial charge in [-0.1, -0.05) is 24.3 Å². The zero-order valence-electron chi connectivity index (χ0n) is 19.5. The third-order valence-electron chi connectivity index (χ3n) is 6.08. The first-order valence-electron chi connectivity index (χ1n) is 11.5. The maximum Gasteiger partial charge on any atom is 0.272 e. The number of para-hydroxylation sites is 1. The normalized spacial score (nSPS) is 14.0. The minimum absolute atomic E-state index is 0.0803. The van der Waals surface area contributed by atoms with Crippen molar-refractivity contribution in [3.8, 4) is 0 Å². The average Bonchev–Trinajstić information content (AvgIpc) is 2.93. The van der Waals surface area contributed by atoms with E-state index in [1.165, 1.54) is 29.3 Å². The van der Waals surface area contributed by atoms with Gasteiger partial charge in [0.25, 0.3) is 21.8 Å². The fourth-order valence-corrected chi connectivity index (χ4v) is 5.42. The predicted octanol–water partition coefficient (Wildman–Crippen LogP) is 3.17. The maximum atomic E-state index is 14.9. The molecule has 4 aromatic rings. The summed E-state index contributed by atoms with van der Waals surface area (Å²) in [6, 6.07) is 16.8. The molecule has 1 N–H and O–H groups in total. The molecule has 0 atom stereocenters. The van der Waals surface area contributed by atoms with Crippen molar-refractivity contribution in [3.63, 3.8) is 0 Å². The number of nitrogens with zero attached hydrogens (tertiary/aromatic N) is 4. The number of pyridine rings is 2. The summed E-state index contributed by atoms with van der Waals surface area (Å²) in [4.78, 5) is 36.8. The molecule has 188 valence electrons. The van der Waals surface area contributed by atoms with Crippen molar-refractivity contribution in [2.24, 2.45) is 0 Å². The summed E-state index contributed by atoms with van der Waals surface area (Å²) >= 11 is 0. The van der Waals surface area contributed by atoms with E-state index in [2.05, 4.69) is 14.7 Å². The maximum absolute atomic E-state index is 14.9. The molecule has 3 heterocycles. The van der Waals surface area contributed by atoms with Gasteiger partial charge < -0.3 is 9.80 Å². The highest BCUT2D eigenvalue weighted by Crippen LogP contribution is 2.25. The van der Waals surface area contributed by atoms with Gasteiger partial charge >= 0.3 is 0 Å². The average molecular weight is 520 g/mol. The number of carbonyl (C=O) groups is 2. The molecule has 2 aromatic heterocycles. The molecule has 0 bridgehead atoms. The van der Waals surface area contributed by atoms with Crippen molar-refractivity contribution in [1.82, 2.24) is 19.8 Å². The number of hydrogen-bond acceptors (Lipinski definition) is 6. The zero-order valence-corrected chi connectivity index (χ0v) is 20.4. The number of amides is 2. The van der Waals surface area contributed by atoms with E-state index in [9.17, 15) is 22.4 Å². The van der Waals surface area contributed by atoms with Crippen molar-refractivity contribution in [2.45, 2.75) is 4.90 Å². The second-order valence-corrected chi connectivity index (χ2v) is 10.1. The Kier molecular flexibility index (Phi) is 6.53. The van der Waals surface area contributed by atoms with E-state index in [0.717, 1.165) is 6.07 Å². The van der Waals surface area contributed by atoms with Crippen LogP contribution in [0.5, 0.6) is 0 Å². The van der Waals surface area contributed by atoms with Gasteiger partial charge in [-0.25, -0.2) is 12.8 Å². The van der Waals surface area contributed by atoms with Crippen LogP contribution in [0.2, 0.25) is 0 Å². The van der Waals surface area contributed by atoms with Crippen LogP contribution in [0.1, 0.15) is 20.8 Å². The smallest absolute Gasteiger partial charge is 0.272 e. The Morgan fingerprint density at radius 3 is 2.22 bits per heavy atom. The Balaban J connectivity index is 1.27. The summed E-state index contributed by atoms with van der Waals surface area (Å²) in [6.45, 7) is 1.20. The number of sulfonamides is 1. The van der Waals surface area contributed by atoms with E-state index in [-0.39, 0.29) is 40.7 Å². The molecule has 5 rings (SSSR count). The van der Waals surface area contributed by atoms with Gasteiger partial charge in [-0.2, -0.15) is 0 Å². The molecule has 1 fully saturated rings. The van der Waals surface area contributed by atoms with E-state index >= 15 is 0 Å². The van der Waals surface area contributed by atoms with Gasteiger partial charge in [-0.05, 0) is 42.5 Å². The SMILES string of the molecule is O=C(c1ccc(NS(=O)(=O)c2cccc3cccnc23)c(F)c1)N1CCN(C(=O)c2ccccn2)CC1. The fraction of sp³-hybridized carbons (Fsp3) is 0.154. The van der Waals surface area contributed by atoms with E-state index < -0.39 is 21.7 Å². The van der Waals surface area contributed by atoms with Crippen molar-refractivity contribution >= 4 is 38.4 Å². The van der Waals surface area contributed by atoms with Crippen LogP contribution in [0.3, 0.4) is 0 Å². The van der Waals surface area contributed by atoms with Gasteiger partial charge in [-0.3, -0.25) is 24.3 Å². The molecular weight excluding hydrogens is 497 g/mol. The first-order valence-corrected chi connectivity index (χ1v) is 13.0. The molecule has 2 amide bonds. The van der Waals surface area contributed by atoms with Gasteiger partial charge in [-0.15, -0.1) is 0 Å². The number of fused-ring (bicyclic) bond motifs is 1. The number of aromatic nitrogens is 2. The Hall–Kier alpha value is -4.38. The van der Waals surface area contributed by atoms with Gasteiger partial charge in [0.15, 0.2) is 0 Å². The molecule has 0 saturated carbocycles. The minimum Gasteiger partial charge on any atom is -0.335 e. The molecule has 1 saturated heterocycles. The van der Waals surface area contributed by atoms with Crippen LogP contribution in [0, 0.1) is 5.82 Å². The quantitative estimate of drug-likeness (QED) is 0.434. The molecule has 0 spiro atoms. The lowest BCUT2D eigenvalue weighted by molar-refractivity contribution is 0.0532. The van der Waals surface area contributed by atoms with Crippen molar-refractivity contribution < 1.29 is 22.4 Å². The van der Waals surface area contributed by atoms with Gasteiger partial charge in [0.2, 0.25) is 0 Å². The molecule has 0 unspecified atom stereocenters. The van der Waals surface area contributed by atoms with Crippen LogP contribution in [-0.2, 0) is 10.0 Å². The third kappa shape index (κ3) is 4.98. The van der Waals surface area contributed by atoms with Crippen molar-refractivity contribution in [1.29, 1.82) is 0 Å². The van der Waals surface area contributed by atoms with Crippen LogP contribution in [-0.4, -0.2) is 66.2 Å². The Labute approximate surface area is 212 Å². The molecular formula is C26H22FN5O4S. The molecule has 37 heavy (non-hydrogen) atoms. The third-order valence-corrected chi connectivity index (χ3v) is 7.48. The standard InChI is InChI=1S/C26H22FN5O4S/c27-20-17-19(25(33)31-13-15-32(16-14-31)26(34)22-7-1-2-11-28-22)9-10-21(20)30-37(35,36)23-8-3-5-18-6-4-12-29-24(18)23/h1-12,17,30H,13-16H2. The van der Waals surface area contributed by atoms with Gasteiger partial charge in [0, 0.05) is 49.5 Å². The molecule has 0 radical (unpaired) electrons. The lowest BCUT2D eigenvalue weighted by atomic mass is 10.1. The summed E-state index contributed by atoms with van der Waals surface area (Å²) in [5.74, 6) is -1.50. The zero-order chi connectivity index (χ0) is 26.0. The summed E-state index contributed by atoms with van der Waals surface area (Å²) < 4.78 is 43.2. The highest BCUT2D eigenvalue weighted by Gasteiger charge is 2.27. The minimum atomic E-state index is -4.14. The molecule has 1 aliphatic rings. The van der Waals surface area contributed by atoms with E-state index in [1.54, 1.807) is 53.6 Å². The van der Waals surface area contributed by atoms with Gasteiger partial charge in [0.1, 0.15) is 16.4 Å². The highest BCUT2D eigenvalue weighted by atomic mass is 32.2. The highest BCUT2D eigenvalue weighted by molar-refractivity contribution is 7.93. The monoisotopic (exact) mass is 519 g/mol. The topological polar surface area (TPSA) is 113 Å². The summed E-state index contributed by atoms with van der Waals surface area (Å²) in [7, 11) is -4.14. The van der Waals surface area contributed by atoms with E-state index in [1.807, 2.05) is 0 Å². The van der Waals surface area contributed by atoms with Crippen molar-refractivity contribution in [2.75, 3.05) is 30.9 Å². The number of benzene rings is 2. The Morgan fingerprint density at radius 1 is 0.811 bits per heavy atom. The second-order valence-electron chi connectivity index (χ2n) is 8.43. The summed E-state index contributed by atoms with van der Waals surface area (Å²) in [5.41, 5.74) is 0.402. The molecule has 1 aliphatic heterocycles. The lowest BCUT2D eigenvalue weighted by Crippen LogP contribution is -2.50. The Bertz CT molecular complexity index is 1580. The van der Waals surface area contributed by atoms with E-state index in [0.29, 0.717) is 24.2 Å². The molecule has 2 aromatic carbocycles. The van der Waals surface area contributed by atoms with Crippen LogP contribution >= 0.6 is 0 Å². The predicted molar refractivity (Wildman–Crippen MR) is 135 cm³/mol. The summed E-state index contributed by atoms with van der Waals surface area (Å²) in [6.07, 6.45) is 3.03. The summed E-state index contributed by atoms with van der Waals surface area (Å²) in [5, 5.41) is 0.633. The first-order chi connectivity index (χ1) is 17.8. The number of hydrogen-bond donors (Lipinski definition) is 1. The van der Waals surface area contributed by atoms with Crippen LogP contribution < -0.4 is 4.72 Å². The van der Waals surface area contributed by atoms with Crippen LogP contribution in [0.25, 0.3) is 10.9 Å².